The van der Waals surface area contributed by atoms with Gasteiger partial charge in [0.1, 0.15) is 5.82 Å². The number of nitrogens with two attached hydrogens (primary N) is 1. The molecule has 2 atom stereocenters. The molecule has 2 N–H and O–H groups in total. The average Bonchev–Trinajstić information content (AvgIpc) is 2.90. The molecule has 104 valence electrons. The number of aromatic nitrogens is 1. The summed E-state index contributed by atoms with van der Waals surface area (Å²) in [5.41, 5.74) is 6.54. The highest BCUT2D eigenvalue weighted by atomic mass is 16.5. The number of pyridine rings is 1. The van der Waals surface area contributed by atoms with Crippen molar-refractivity contribution in [3.05, 3.63) is 12.1 Å². The van der Waals surface area contributed by atoms with Crippen LogP contribution in [0.5, 0.6) is 5.88 Å². The van der Waals surface area contributed by atoms with Crippen LogP contribution in [0.15, 0.2) is 12.1 Å². The van der Waals surface area contributed by atoms with E-state index in [0.29, 0.717) is 24.2 Å². The van der Waals surface area contributed by atoms with Crippen LogP contribution in [0, 0.1) is 5.92 Å². The molecule has 0 bridgehead atoms. The molecule has 4 heteroatoms. The van der Waals surface area contributed by atoms with E-state index in [0.717, 1.165) is 18.3 Å². The Kier molecular flexibility index (Phi) is 3.49. The lowest BCUT2D eigenvalue weighted by molar-refractivity contribution is 0.326. The number of piperidine rings is 1. The maximum atomic E-state index is 5.91. The van der Waals surface area contributed by atoms with E-state index in [1.54, 1.807) is 0 Å². The molecule has 1 aromatic rings. The van der Waals surface area contributed by atoms with E-state index < -0.39 is 0 Å². The molecule has 3 rings (SSSR count). The molecule has 1 aromatic heterocycles. The van der Waals surface area contributed by atoms with E-state index >= 15 is 0 Å². The number of hydrogen-bond donors (Lipinski definition) is 1. The van der Waals surface area contributed by atoms with Crippen molar-refractivity contribution in [3.63, 3.8) is 0 Å². The molecule has 1 saturated carbocycles. The molecule has 4 nitrogen and oxygen atoms in total. The maximum absolute atomic E-state index is 5.91. The molecule has 1 aliphatic carbocycles. The van der Waals surface area contributed by atoms with Crippen molar-refractivity contribution >= 4 is 11.5 Å². The summed E-state index contributed by atoms with van der Waals surface area (Å²) < 4.78 is 5.52. The summed E-state index contributed by atoms with van der Waals surface area (Å²) in [6, 6.07) is 4.64. The fourth-order valence-corrected chi connectivity index (χ4v) is 3.59. The van der Waals surface area contributed by atoms with Gasteiger partial charge in [0.2, 0.25) is 5.88 Å². The summed E-state index contributed by atoms with van der Waals surface area (Å²) in [7, 11) is 0. The second-order valence-corrected chi connectivity index (χ2v) is 5.59. The number of ether oxygens (including phenoxy) is 1. The van der Waals surface area contributed by atoms with Crippen LogP contribution in [-0.4, -0.2) is 24.2 Å². The Morgan fingerprint density at radius 3 is 3.00 bits per heavy atom. The summed E-state index contributed by atoms with van der Waals surface area (Å²) in [5, 5.41) is 0. The standard InChI is InChI=1S/C15H23N3O/c1-2-19-15-12(16)8-9-14(17-15)18-10-4-6-11-5-3-7-13(11)18/h8-9,11,13H,2-7,10,16H2,1H3. The monoisotopic (exact) mass is 261 g/mol. The molecule has 2 aliphatic rings. The zero-order valence-electron chi connectivity index (χ0n) is 11.6. The maximum Gasteiger partial charge on any atom is 0.239 e. The number of fused-ring (bicyclic) bond motifs is 1. The number of nitrogens with zero attached hydrogens (tertiary/aromatic N) is 2. The van der Waals surface area contributed by atoms with Crippen LogP contribution < -0.4 is 15.4 Å². The lowest BCUT2D eigenvalue weighted by Gasteiger charge is -2.38. The first-order chi connectivity index (χ1) is 9.29. The fraction of sp³-hybridized carbons (Fsp3) is 0.667. The Hall–Kier alpha value is -1.45. The molecule has 0 spiro atoms. The first-order valence-electron chi connectivity index (χ1n) is 7.45. The minimum absolute atomic E-state index is 0.583. The van der Waals surface area contributed by atoms with Crippen LogP contribution in [-0.2, 0) is 0 Å². The summed E-state index contributed by atoms with van der Waals surface area (Å²) in [6.45, 7) is 3.68. The van der Waals surface area contributed by atoms with Gasteiger partial charge in [-0.05, 0) is 50.7 Å². The first-order valence-corrected chi connectivity index (χ1v) is 7.45. The molecule has 1 saturated heterocycles. The van der Waals surface area contributed by atoms with E-state index in [2.05, 4.69) is 9.88 Å². The van der Waals surface area contributed by atoms with Gasteiger partial charge < -0.3 is 15.4 Å². The van der Waals surface area contributed by atoms with Crippen molar-refractivity contribution < 1.29 is 4.74 Å². The van der Waals surface area contributed by atoms with Crippen LogP contribution in [0.4, 0.5) is 11.5 Å². The topological polar surface area (TPSA) is 51.4 Å². The molecule has 2 unspecified atom stereocenters. The van der Waals surface area contributed by atoms with Gasteiger partial charge in [-0.15, -0.1) is 0 Å². The van der Waals surface area contributed by atoms with Gasteiger partial charge in [0.25, 0.3) is 0 Å². The van der Waals surface area contributed by atoms with E-state index in [9.17, 15) is 0 Å². The minimum atomic E-state index is 0.583. The van der Waals surface area contributed by atoms with Gasteiger partial charge in [-0.25, -0.2) is 0 Å². The molecule has 0 radical (unpaired) electrons. The van der Waals surface area contributed by atoms with Crippen molar-refractivity contribution in [1.82, 2.24) is 4.98 Å². The molecule has 2 fully saturated rings. The first kappa shape index (κ1) is 12.6. The minimum Gasteiger partial charge on any atom is -0.476 e. The summed E-state index contributed by atoms with van der Waals surface area (Å²) in [4.78, 5) is 7.10. The van der Waals surface area contributed by atoms with Gasteiger partial charge in [0.05, 0.1) is 12.3 Å². The van der Waals surface area contributed by atoms with Gasteiger partial charge in [0.15, 0.2) is 0 Å². The second kappa shape index (κ2) is 5.27. The summed E-state index contributed by atoms with van der Waals surface area (Å²) >= 11 is 0. The molecule has 1 aliphatic heterocycles. The highest BCUT2D eigenvalue weighted by molar-refractivity contribution is 5.55. The Morgan fingerprint density at radius 2 is 2.16 bits per heavy atom. The van der Waals surface area contributed by atoms with Crippen LogP contribution in [0.3, 0.4) is 0 Å². The second-order valence-electron chi connectivity index (χ2n) is 5.59. The summed E-state index contributed by atoms with van der Waals surface area (Å²) in [6.07, 6.45) is 6.71. The van der Waals surface area contributed by atoms with Gasteiger partial charge in [-0.3, -0.25) is 0 Å². The quantitative estimate of drug-likeness (QED) is 0.909. The molecular weight excluding hydrogens is 238 g/mol. The molecule has 0 aromatic carbocycles. The van der Waals surface area contributed by atoms with Gasteiger partial charge in [0, 0.05) is 12.6 Å². The van der Waals surface area contributed by atoms with Crippen molar-refractivity contribution in [2.45, 2.75) is 45.1 Å². The van der Waals surface area contributed by atoms with Gasteiger partial charge in [-0.2, -0.15) is 4.98 Å². The van der Waals surface area contributed by atoms with E-state index in [1.165, 1.54) is 32.1 Å². The zero-order valence-corrected chi connectivity index (χ0v) is 11.6. The third-order valence-electron chi connectivity index (χ3n) is 4.44. The lowest BCUT2D eigenvalue weighted by atomic mass is 9.92. The third kappa shape index (κ3) is 2.36. The Bertz CT molecular complexity index is 449. The normalized spacial score (nSPS) is 26.3. The van der Waals surface area contributed by atoms with Gasteiger partial charge in [-0.1, -0.05) is 6.42 Å². The number of anilines is 2. The van der Waals surface area contributed by atoms with Crippen LogP contribution in [0.1, 0.15) is 39.0 Å². The third-order valence-corrected chi connectivity index (χ3v) is 4.44. The van der Waals surface area contributed by atoms with Crippen LogP contribution >= 0.6 is 0 Å². The van der Waals surface area contributed by atoms with E-state index in [4.69, 9.17) is 10.5 Å². The van der Waals surface area contributed by atoms with Gasteiger partial charge >= 0.3 is 0 Å². The predicted octanol–water partition coefficient (Wildman–Crippen LogP) is 2.83. The predicted molar refractivity (Wildman–Crippen MR) is 77.5 cm³/mol. The van der Waals surface area contributed by atoms with Crippen molar-refractivity contribution in [1.29, 1.82) is 0 Å². The average molecular weight is 261 g/mol. The van der Waals surface area contributed by atoms with Crippen molar-refractivity contribution in [2.24, 2.45) is 5.92 Å². The highest BCUT2D eigenvalue weighted by Gasteiger charge is 2.35. The summed E-state index contributed by atoms with van der Waals surface area (Å²) in [5.74, 6) is 2.48. The number of rotatable bonds is 3. The SMILES string of the molecule is CCOc1nc(N2CCCC3CCCC32)ccc1N. The zero-order chi connectivity index (χ0) is 13.2. The largest absolute Gasteiger partial charge is 0.476 e. The van der Waals surface area contributed by atoms with E-state index in [1.807, 2.05) is 19.1 Å². The Balaban J connectivity index is 1.86. The number of nitrogen functional groups attached to an aromatic ring is 1. The van der Waals surface area contributed by atoms with Crippen molar-refractivity contribution in [3.8, 4) is 5.88 Å². The molecule has 0 amide bonds. The smallest absolute Gasteiger partial charge is 0.239 e. The van der Waals surface area contributed by atoms with Crippen LogP contribution in [0.25, 0.3) is 0 Å². The Morgan fingerprint density at radius 1 is 1.32 bits per heavy atom. The Labute approximate surface area is 115 Å². The molecule has 2 heterocycles. The number of hydrogen-bond acceptors (Lipinski definition) is 4. The van der Waals surface area contributed by atoms with Crippen LogP contribution in [0.2, 0.25) is 0 Å². The lowest BCUT2D eigenvalue weighted by Crippen LogP contribution is -2.43. The highest BCUT2D eigenvalue weighted by Crippen LogP contribution is 2.39. The fourth-order valence-electron chi connectivity index (χ4n) is 3.59. The van der Waals surface area contributed by atoms with Crippen molar-refractivity contribution in [2.75, 3.05) is 23.8 Å². The van der Waals surface area contributed by atoms with E-state index in [-0.39, 0.29) is 0 Å². The molecular formula is C15H23N3O. The molecule has 19 heavy (non-hydrogen) atoms.